The van der Waals surface area contributed by atoms with Crippen LogP contribution in [-0.4, -0.2) is 54.7 Å². The van der Waals surface area contributed by atoms with Crippen LogP contribution in [0.2, 0.25) is 0 Å². The van der Waals surface area contributed by atoms with Crippen LogP contribution in [0.15, 0.2) is 6.33 Å². The van der Waals surface area contributed by atoms with Gasteiger partial charge in [0.1, 0.15) is 12.0 Å². The van der Waals surface area contributed by atoms with Crippen LogP contribution in [0.5, 0.6) is 5.88 Å². The van der Waals surface area contributed by atoms with Gasteiger partial charge in [-0.1, -0.05) is 0 Å². The Labute approximate surface area is 120 Å². The van der Waals surface area contributed by atoms with Gasteiger partial charge < -0.3 is 20.3 Å². The molecule has 1 aromatic rings. The first-order valence-electron chi connectivity index (χ1n) is 7.14. The van der Waals surface area contributed by atoms with E-state index in [1.54, 1.807) is 0 Å². The van der Waals surface area contributed by atoms with Crippen molar-refractivity contribution in [1.29, 1.82) is 0 Å². The topological polar surface area (TPSA) is 67.5 Å². The number of nitrogen functional groups attached to an aromatic ring is 1. The maximum absolute atomic E-state index is 6.13. The van der Waals surface area contributed by atoms with Crippen LogP contribution in [0.4, 0.5) is 11.5 Å². The summed E-state index contributed by atoms with van der Waals surface area (Å²) >= 11 is 0. The van der Waals surface area contributed by atoms with Crippen molar-refractivity contribution in [2.24, 2.45) is 5.92 Å². The first-order chi connectivity index (χ1) is 9.47. The lowest BCUT2D eigenvalue weighted by Gasteiger charge is -2.24. The van der Waals surface area contributed by atoms with E-state index in [4.69, 9.17) is 10.5 Å². The van der Waals surface area contributed by atoms with Crippen molar-refractivity contribution in [3.63, 3.8) is 0 Å². The standard InChI is InChI=1S/C14H25N5O/c1-10(2)20-14-12(15)13(16-9-17-14)19(4)8-11-5-6-18(3)7-11/h9-11H,5-8,15H2,1-4H3. The molecule has 0 bridgehead atoms. The Hall–Kier alpha value is -1.56. The highest BCUT2D eigenvalue weighted by Crippen LogP contribution is 2.29. The van der Waals surface area contributed by atoms with Gasteiger partial charge in [-0.2, -0.15) is 4.98 Å². The Bertz CT molecular complexity index is 451. The summed E-state index contributed by atoms with van der Waals surface area (Å²) in [7, 11) is 4.18. The van der Waals surface area contributed by atoms with E-state index < -0.39 is 0 Å². The monoisotopic (exact) mass is 279 g/mol. The van der Waals surface area contributed by atoms with E-state index in [0.717, 1.165) is 18.9 Å². The van der Waals surface area contributed by atoms with Crippen LogP contribution in [0.1, 0.15) is 20.3 Å². The molecule has 6 heteroatoms. The van der Waals surface area contributed by atoms with Gasteiger partial charge in [-0.15, -0.1) is 0 Å². The van der Waals surface area contributed by atoms with E-state index in [-0.39, 0.29) is 6.10 Å². The fourth-order valence-electron chi connectivity index (χ4n) is 2.64. The molecule has 1 aliphatic heterocycles. The average molecular weight is 279 g/mol. The van der Waals surface area contributed by atoms with E-state index in [2.05, 4.69) is 26.8 Å². The third-order valence-corrected chi connectivity index (χ3v) is 3.56. The summed E-state index contributed by atoms with van der Waals surface area (Å²) < 4.78 is 5.61. The van der Waals surface area contributed by atoms with Crippen molar-refractivity contribution in [1.82, 2.24) is 14.9 Å². The predicted molar refractivity (Wildman–Crippen MR) is 81.1 cm³/mol. The summed E-state index contributed by atoms with van der Waals surface area (Å²) in [5.74, 6) is 1.89. The zero-order chi connectivity index (χ0) is 14.7. The second kappa shape index (κ2) is 6.26. The molecule has 2 heterocycles. The highest BCUT2D eigenvalue weighted by atomic mass is 16.5. The van der Waals surface area contributed by atoms with Crippen LogP contribution in [0.25, 0.3) is 0 Å². The first-order valence-corrected chi connectivity index (χ1v) is 7.14. The number of nitrogens with two attached hydrogens (primary N) is 1. The third kappa shape index (κ3) is 3.50. The zero-order valence-corrected chi connectivity index (χ0v) is 12.8. The van der Waals surface area contributed by atoms with E-state index in [1.165, 1.54) is 19.3 Å². The number of aromatic nitrogens is 2. The van der Waals surface area contributed by atoms with Gasteiger partial charge in [0.25, 0.3) is 0 Å². The fourth-order valence-corrected chi connectivity index (χ4v) is 2.64. The zero-order valence-electron chi connectivity index (χ0n) is 12.8. The number of anilines is 2. The number of hydrogen-bond acceptors (Lipinski definition) is 6. The van der Waals surface area contributed by atoms with Crippen molar-refractivity contribution in [3.05, 3.63) is 6.33 Å². The lowest BCUT2D eigenvalue weighted by Crippen LogP contribution is -2.28. The molecule has 0 spiro atoms. The molecule has 6 nitrogen and oxygen atoms in total. The largest absolute Gasteiger partial charge is 0.473 e. The van der Waals surface area contributed by atoms with Crippen molar-refractivity contribution >= 4 is 11.5 Å². The smallest absolute Gasteiger partial charge is 0.242 e. The van der Waals surface area contributed by atoms with Gasteiger partial charge >= 0.3 is 0 Å². The summed E-state index contributed by atoms with van der Waals surface area (Å²) in [5, 5.41) is 0. The molecule has 20 heavy (non-hydrogen) atoms. The first kappa shape index (κ1) is 14.8. The van der Waals surface area contributed by atoms with Gasteiger partial charge in [0.15, 0.2) is 5.82 Å². The van der Waals surface area contributed by atoms with Crippen molar-refractivity contribution in [2.45, 2.75) is 26.4 Å². The highest BCUT2D eigenvalue weighted by molar-refractivity contribution is 5.67. The quantitative estimate of drug-likeness (QED) is 0.874. The van der Waals surface area contributed by atoms with Gasteiger partial charge in [-0.25, -0.2) is 4.98 Å². The molecule has 112 valence electrons. The Morgan fingerprint density at radius 1 is 1.50 bits per heavy atom. The van der Waals surface area contributed by atoms with E-state index >= 15 is 0 Å². The summed E-state index contributed by atoms with van der Waals surface area (Å²) in [6.45, 7) is 7.16. The van der Waals surface area contributed by atoms with Crippen molar-refractivity contribution < 1.29 is 4.74 Å². The molecular weight excluding hydrogens is 254 g/mol. The molecule has 2 N–H and O–H groups in total. The summed E-state index contributed by atoms with van der Waals surface area (Å²) in [4.78, 5) is 12.9. The Kier molecular flexibility index (Phi) is 4.65. The van der Waals surface area contributed by atoms with E-state index in [0.29, 0.717) is 17.5 Å². The Morgan fingerprint density at radius 2 is 2.25 bits per heavy atom. The van der Waals surface area contributed by atoms with Crippen LogP contribution < -0.4 is 15.4 Å². The number of nitrogens with zero attached hydrogens (tertiary/aromatic N) is 4. The number of rotatable bonds is 5. The highest BCUT2D eigenvalue weighted by Gasteiger charge is 2.22. The molecule has 1 atom stereocenters. The molecule has 2 rings (SSSR count). The third-order valence-electron chi connectivity index (χ3n) is 3.56. The normalized spacial score (nSPS) is 19.6. The summed E-state index contributed by atoms with van der Waals surface area (Å²) in [6, 6.07) is 0. The summed E-state index contributed by atoms with van der Waals surface area (Å²) in [6.07, 6.45) is 2.79. The van der Waals surface area contributed by atoms with Gasteiger partial charge in [-0.3, -0.25) is 0 Å². The van der Waals surface area contributed by atoms with Crippen LogP contribution >= 0.6 is 0 Å². The average Bonchev–Trinajstić information content (AvgIpc) is 2.76. The van der Waals surface area contributed by atoms with E-state index in [9.17, 15) is 0 Å². The van der Waals surface area contributed by atoms with Crippen LogP contribution in [-0.2, 0) is 0 Å². The second-order valence-corrected chi connectivity index (χ2v) is 5.88. The molecule has 1 fully saturated rings. The molecular formula is C14H25N5O. The summed E-state index contributed by atoms with van der Waals surface area (Å²) in [5.41, 5.74) is 6.66. The molecule has 0 radical (unpaired) electrons. The molecule has 1 unspecified atom stereocenters. The Balaban J connectivity index is 2.07. The molecule has 0 aromatic carbocycles. The second-order valence-electron chi connectivity index (χ2n) is 5.88. The number of ether oxygens (including phenoxy) is 1. The maximum atomic E-state index is 6.13. The van der Waals surface area contributed by atoms with Gasteiger partial charge in [0.05, 0.1) is 6.10 Å². The fraction of sp³-hybridized carbons (Fsp3) is 0.714. The molecule has 1 aliphatic rings. The Morgan fingerprint density at radius 3 is 2.85 bits per heavy atom. The van der Waals surface area contributed by atoms with Gasteiger partial charge in [-0.05, 0) is 39.8 Å². The molecule has 0 amide bonds. The van der Waals surface area contributed by atoms with Gasteiger partial charge in [0, 0.05) is 20.1 Å². The predicted octanol–water partition coefficient (Wildman–Crippen LogP) is 1.23. The number of likely N-dealkylation sites (tertiary alicyclic amines) is 1. The molecule has 1 aromatic heterocycles. The molecule has 1 saturated heterocycles. The lowest BCUT2D eigenvalue weighted by molar-refractivity contribution is 0.234. The van der Waals surface area contributed by atoms with Gasteiger partial charge in [0.2, 0.25) is 5.88 Å². The SMILES string of the molecule is CC(C)Oc1ncnc(N(C)CC2CCN(C)C2)c1N. The minimum atomic E-state index is 0.0498. The minimum absolute atomic E-state index is 0.0498. The van der Waals surface area contributed by atoms with Crippen molar-refractivity contribution in [3.8, 4) is 5.88 Å². The molecule has 0 aliphatic carbocycles. The number of hydrogen-bond donors (Lipinski definition) is 1. The minimum Gasteiger partial charge on any atom is -0.473 e. The van der Waals surface area contributed by atoms with Crippen LogP contribution in [0.3, 0.4) is 0 Å². The lowest BCUT2D eigenvalue weighted by atomic mass is 10.1. The molecule has 0 saturated carbocycles. The van der Waals surface area contributed by atoms with Crippen molar-refractivity contribution in [2.75, 3.05) is 44.4 Å². The maximum Gasteiger partial charge on any atom is 0.242 e. The van der Waals surface area contributed by atoms with E-state index in [1.807, 2.05) is 20.9 Å². The van der Waals surface area contributed by atoms with Crippen LogP contribution in [0, 0.1) is 5.92 Å².